The lowest BCUT2D eigenvalue weighted by atomic mass is 9.87. The van der Waals surface area contributed by atoms with Crippen LogP contribution in [0.5, 0.6) is 0 Å². The fraction of sp³-hybridized carbons (Fsp3) is 0.300. The van der Waals surface area contributed by atoms with Gasteiger partial charge in [-0.3, -0.25) is 0 Å². The van der Waals surface area contributed by atoms with Crippen molar-refractivity contribution in [1.29, 1.82) is 0 Å². The predicted octanol–water partition coefficient (Wildman–Crippen LogP) is 4.12. The first-order chi connectivity index (χ1) is 10.7. The third kappa shape index (κ3) is 4.71. The summed E-state index contributed by atoms with van der Waals surface area (Å²) >= 11 is 0. The zero-order valence-corrected chi connectivity index (χ0v) is 14.9. The zero-order valence-electron chi connectivity index (χ0n) is 14.1. The van der Waals surface area contributed by atoms with Crippen LogP contribution in [0.4, 0.5) is 0 Å². The highest BCUT2D eigenvalue weighted by molar-refractivity contribution is 7.91. The smallest absolute Gasteiger partial charge is 0.189 e. The van der Waals surface area contributed by atoms with E-state index in [0.717, 1.165) is 11.1 Å². The molecule has 0 bridgehead atoms. The molecule has 0 heterocycles. The Morgan fingerprint density at radius 1 is 0.913 bits per heavy atom. The molecule has 0 N–H and O–H groups in total. The van der Waals surface area contributed by atoms with Crippen LogP contribution in [-0.2, 0) is 15.3 Å². The average molecular weight is 326 g/mol. The number of aryl methyl sites for hydroxylation is 1. The van der Waals surface area contributed by atoms with E-state index in [4.69, 9.17) is 0 Å². The van der Waals surface area contributed by atoms with E-state index in [2.05, 4.69) is 32.6 Å². The van der Waals surface area contributed by atoms with E-state index in [1.807, 2.05) is 31.2 Å². The second-order valence-corrected chi connectivity index (χ2v) is 8.69. The summed E-state index contributed by atoms with van der Waals surface area (Å²) in [5.41, 5.74) is 3.20. The lowest BCUT2D eigenvalue weighted by Crippen LogP contribution is -2.10. The Hall–Kier alpha value is -2.05. The molecule has 0 atom stereocenters. The van der Waals surface area contributed by atoms with Gasteiger partial charge in [0.05, 0.1) is 4.90 Å². The van der Waals surface area contributed by atoms with Gasteiger partial charge < -0.3 is 0 Å². The molecule has 120 valence electrons. The summed E-state index contributed by atoms with van der Waals surface area (Å²) in [4.78, 5) is 0.320. The molecule has 2 aromatic rings. The van der Waals surface area contributed by atoms with Crippen molar-refractivity contribution >= 4 is 9.84 Å². The van der Waals surface area contributed by atoms with Gasteiger partial charge in [-0.25, -0.2) is 8.42 Å². The predicted molar refractivity (Wildman–Crippen MR) is 95.3 cm³/mol. The Kier molecular flexibility index (Phi) is 4.97. The van der Waals surface area contributed by atoms with E-state index in [1.54, 1.807) is 24.3 Å². The van der Waals surface area contributed by atoms with Crippen molar-refractivity contribution in [2.75, 3.05) is 5.75 Å². The largest absolute Gasteiger partial charge is 0.223 e. The van der Waals surface area contributed by atoms with E-state index < -0.39 is 9.84 Å². The normalized spacial score (nSPS) is 11.7. The molecule has 0 aromatic heterocycles. The first-order valence-corrected chi connectivity index (χ1v) is 9.22. The number of hydrogen-bond acceptors (Lipinski definition) is 2. The van der Waals surface area contributed by atoms with E-state index in [-0.39, 0.29) is 11.2 Å². The van der Waals surface area contributed by atoms with Crippen molar-refractivity contribution in [3.8, 4) is 11.8 Å². The summed E-state index contributed by atoms with van der Waals surface area (Å²) in [7, 11) is -3.35. The van der Waals surface area contributed by atoms with Gasteiger partial charge in [0.25, 0.3) is 0 Å². The van der Waals surface area contributed by atoms with Crippen molar-refractivity contribution in [3.63, 3.8) is 0 Å². The SMILES string of the molecule is Cc1ccc(S(=O)(=O)CC#Cc2ccc(C(C)(C)C)cc2)cc1. The van der Waals surface area contributed by atoms with Gasteiger partial charge in [-0.05, 0) is 42.2 Å². The van der Waals surface area contributed by atoms with Gasteiger partial charge in [-0.1, -0.05) is 62.4 Å². The van der Waals surface area contributed by atoms with Crippen molar-refractivity contribution in [3.05, 3.63) is 65.2 Å². The van der Waals surface area contributed by atoms with Crippen LogP contribution in [0.2, 0.25) is 0 Å². The standard InChI is InChI=1S/C20H22O2S/c1-16-7-13-19(14-8-16)23(21,22)15-5-6-17-9-11-18(12-10-17)20(2,3)4/h7-14H,15H2,1-4H3. The molecule has 2 nitrogen and oxygen atoms in total. The van der Waals surface area contributed by atoms with Crippen LogP contribution >= 0.6 is 0 Å². The molecule has 0 aliphatic heterocycles. The minimum atomic E-state index is -3.35. The first-order valence-electron chi connectivity index (χ1n) is 7.57. The summed E-state index contributed by atoms with van der Waals surface area (Å²) in [6.45, 7) is 8.39. The van der Waals surface area contributed by atoms with Gasteiger partial charge in [-0.15, -0.1) is 0 Å². The highest BCUT2D eigenvalue weighted by atomic mass is 32.2. The maximum atomic E-state index is 12.2. The molecule has 2 aromatic carbocycles. The van der Waals surface area contributed by atoms with Crippen molar-refractivity contribution in [1.82, 2.24) is 0 Å². The summed E-state index contributed by atoms with van der Waals surface area (Å²) in [6, 6.07) is 14.8. The van der Waals surface area contributed by atoms with Gasteiger partial charge in [0, 0.05) is 5.56 Å². The number of benzene rings is 2. The Labute approximate surface area is 139 Å². The molecular formula is C20H22O2S. The van der Waals surface area contributed by atoms with Crippen molar-refractivity contribution < 1.29 is 8.42 Å². The van der Waals surface area contributed by atoms with Crippen LogP contribution in [-0.4, -0.2) is 14.2 Å². The molecule has 0 unspecified atom stereocenters. The zero-order chi connectivity index (χ0) is 17.1. The van der Waals surface area contributed by atoms with Gasteiger partial charge in [0.2, 0.25) is 0 Å². The fourth-order valence-electron chi connectivity index (χ4n) is 2.12. The number of hydrogen-bond donors (Lipinski definition) is 0. The van der Waals surface area contributed by atoms with Gasteiger partial charge in [-0.2, -0.15) is 0 Å². The summed E-state index contributed by atoms with van der Waals surface area (Å²) in [6.07, 6.45) is 0. The Bertz CT molecular complexity index is 826. The first kappa shape index (κ1) is 17.3. The van der Waals surface area contributed by atoms with Crippen molar-refractivity contribution in [2.24, 2.45) is 0 Å². The molecule has 0 saturated carbocycles. The third-order valence-electron chi connectivity index (χ3n) is 3.63. The van der Waals surface area contributed by atoms with Gasteiger partial charge in [0.15, 0.2) is 9.84 Å². The molecule has 0 amide bonds. The van der Waals surface area contributed by atoms with Gasteiger partial charge >= 0.3 is 0 Å². The topological polar surface area (TPSA) is 34.1 Å². The highest BCUT2D eigenvalue weighted by Crippen LogP contribution is 2.21. The number of rotatable bonds is 2. The summed E-state index contributed by atoms with van der Waals surface area (Å²) in [5, 5.41) is 0. The van der Waals surface area contributed by atoms with Crippen molar-refractivity contribution in [2.45, 2.75) is 38.0 Å². The minimum absolute atomic E-state index is 0.0980. The molecule has 0 radical (unpaired) electrons. The average Bonchev–Trinajstić information content (AvgIpc) is 2.47. The molecule has 0 aliphatic rings. The summed E-state index contributed by atoms with van der Waals surface area (Å²) in [5.74, 6) is 5.54. The Balaban J connectivity index is 2.12. The van der Waals surface area contributed by atoms with Crippen LogP contribution < -0.4 is 0 Å². The highest BCUT2D eigenvalue weighted by Gasteiger charge is 2.13. The lowest BCUT2D eigenvalue weighted by molar-refractivity contribution is 0.590. The molecule has 23 heavy (non-hydrogen) atoms. The third-order valence-corrected chi connectivity index (χ3v) is 5.14. The monoisotopic (exact) mass is 326 g/mol. The number of sulfone groups is 1. The fourth-order valence-corrected chi connectivity index (χ4v) is 3.10. The molecule has 0 aliphatic carbocycles. The minimum Gasteiger partial charge on any atom is -0.223 e. The van der Waals surface area contributed by atoms with E-state index >= 15 is 0 Å². The van der Waals surface area contributed by atoms with E-state index in [0.29, 0.717) is 4.90 Å². The maximum Gasteiger partial charge on any atom is 0.189 e. The Morgan fingerprint density at radius 2 is 1.48 bits per heavy atom. The molecule has 2 rings (SSSR count). The van der Waals surface area contributed by atoms with E-state index in [9.17, 15) is 8.42 Å². The van der Waals surface area contributed by atoms with E-state index in [1.165, 1.54) is 5.56 Å². The van der Waals surface area contributed by atoms with Gasteiger partial charge in [0.1, 0.15) is 5.75 Å². The van der Waals surface area contributed by atoms with Crippen LogP contribution in [0.1, 0.15) is 37.5 Å². The molecule has 0 fully saturated rings. The van der Waals surface area contributed by atoms with Crippen LogP contribution in [0.3, 0.4) is 0 Å². The maximum absolute atomic E-state index is 12.2. The second-order valence-electron chi connectivity index (χ2n) is 6.70. The molecule has 0 spiro atoms. The second kappa shape index (κ2) is 6.60. The van der Waals surface area contributed by atoms with Crippen LogP contribution in [0.15, 0.2) is 53.4 Å². The summed E-state index contributed by atoms with van der Waals surface area (Å²) < 4.78 is 24.4. The van der Waals surface area contributed by atoms with Crippen LogP contribution in [0.25, 0.3) is 0 Å². The quantitative estimate of drug-likeness (QED) is 0.778. The molecule has 0 saturated heterocycles. The van der Waals surface area contributed by atoms with Crippen LogP contribution in [0, 0.1) is 18.8 Å². The molecule has 3 heteroatoms. The Morgan fingerprint density at radius 3 is 2.00 bits per heavy atom. The molecular weight excluding hydrogens is 304 g/mol. The lowest BCUT2D eigenvalue weighted by Gasteiger charge is -2.18.